The Kier molecular flexibility index (Phi) is 3.25. The molecule has 0 aliphatic carbocycles. The van der Waals surface area contributed by atoms with Crippen LogP contribution in [0.5, 0.6) is 0 Å². The van der Waals surface area contributed by atoms with Crippen molar-refractivity contribution in [2.24, 2.45) is 5.73 Å². The Morgan fingerprint density at radius 3 is 2.92 bits per heavy atom. The number of nitriles is 1. The zero-order valence-corrected chi connectivity index (χ0v) is 9.08. The summed E-state index contributed by atoms with van der Waals surface area (Å²) < 4.78 is 4.89. The van der Waals surface area contributed by atoms with Crippen LogP contribution in [-0.2, 0) is 0 Å². The monoisotopic (exact) mass is 214 g/mol. The Morgan fingerprint density at radius 2 is 2.46 bits per heavy atom. The molecule has 6 heteroatoms. The van der Waals surface area contributed by atoms with E-state index < -0.39 is 5.54 Å². The average Bonchev–Trinajstić information content (AvgIpc) is 2.48. The van der Waals surface area contributed by atoms with Crippen molar-refractivity contribution in [3.63, 3.8) is 0 Å². The van der Waals surface area contributed by atoms with E-state index >= 15 is 0 Å². The Hall–Kier alpha value is -0.640. The maximum absolute atomic E-state index is 8.66. The van der Waals surface area contributed by atoms with Gasteiger partial charge in [-0.2, -0.15) is 9.64 Å². The van der Waals surface area contributed by atoms with Crippen LogP contribution >= 0.6 is 23.3 Å². The van der Waals surface area contributed by atoms with Crippen LogP contribution < -0.4 is 5.73 Å². The molecule has 0 aliphatic rings. The molecule has 1 aromatic heterocycles. The van der Waals surface area contributed by atoms with Crippen LogP contribution in [0.3, 0.4) is 0 Å². The minimum absolute atomic E-state index is 0.540. The van der Waals surface area contributed by atoms with Crippen LogP contribution in [0, 0.1) is 18.3 Å². The third-order valence-electron chi connectivity index (χ3n) is 1.26. The predicted octanol–water partition coefficient (Wildman–Crippen LogP) is 1.18. The van der Waals surface area contributed by atoms with Crippen LogP contribution in [0.1, 0.15) is 12.7 Å². The third-order valence-corrected chi connectivity index (χ3v) is 3.52. The Balaban J connectivity index is 2.49. The van der Waals surface area contributed by atoms with Crippen molar-refractivity contribution >= 4 is 23.3 Å². The van der Waals surface area contributed by atoms with Gasteiger partial charge in [0.2, 0.25) is 0 Å². The molecule has 0 saturated carbocycles. The molecule has 0 bridgehead atoms. The number of aryl methyl sites for hydroxylation is 1. The highest BCUT2D eigenvalue weighted by molar-refractivity contribution is 8.01. The van der Waals surface area contributed by atoms with E-state index in [0.717, 1.165) is 10.2 Å². The van der Waals surface area contributed by atoms with Gasteiger partial charge >= 0.3 is 0 Å². The van der Waals surface area contributed by atoms with E-state index in [1.54, 1.807) is 6.92 Å². The van der Waals surface area contributed by atoms with Crippen LogP contribution in [0.25, 0.3) is 0 Å². The minimum Gasteiger partial charge on any atom is -0.313 e. The van der Waals surface area contributed by atoms with Crippen molar-refractivity contribution in [1.29, 1.82) is 5.26 Å². The first kappa shape index (κ1) is 10.4. The molecule has 0 amide bonds. The minimum atomic E-state index is -0.787. The van der Waals surface area contributed by atoms with Crippen molar-refractivity contribution in [2.75, 3.05) is 5.75 Å². The molecule has 0 saturated heterocycles. The van der Waals surface area contributed by atoms with E-state index in [1.807, 2.05) is 13.0 Å². The molecule has 1 atom stereocenters. The predicted molar refractivity (Wildman–Crippen MR) is 53.6 cm³/mol. The van der Waals surface area contributed by atoms with Crippen LogP contribution in [0.15, 0.2) is 4.34 Å². The van der Waals surface area contributed by atoms with Gasteiger partial charge in [-0.25, -0.2) is 4.98 Å². The molecule has 0 spiro atoms. The average molecular weight is 214 g/mol. The van der Waals surface area contributed by atoms with E-state index in [2.05, 4.69) is 9.36 Å². The molecule has 0 aliphatic heterocycles. The van der Waals surface area contributed by atoms with Gasteiger partial charge in [0, 0.05) is 5.75 Å². The van der Waals surface area contributed by atoms with Gasteiger partial charge in [-0.15, -0.1) is 0 Å². The molecule has 2 N–H and O–H groups in total. The Bertz CT molecular complexity index is 325. The highest BCUT2D eigenvalue weighted by atomic mass is 32.2. The number of nitrogens with zero attached hydrogens (tertiary/aromatic N) is 3. The van der Waals surface area contributed by atoms with Gasteiger partial charge in [0.15, 0.2) is 4.34 Å². The lowest BCUT2D eigenvalue weighted by atomic mass is 10.1. The van der Waals surface area contributed by atoms with Crippen molar-refractivity contribution in [3.8, 4) is 6.07 Å². The van der Waals surface area contributed by atoms with Gasteiger partial charge in [0.25, 0.3) is 0 Å². The van der Waals surface area contributed by atoms with E-state index in [-0.39, 0.29) is 0 Å². The van der Waals surface area contributed by atoms with E-state index in [1.165, 1.54) is 23.3 Å². The summed E-state index contributed by atoms with van der Waals surface area (Å²) in [5.41, 5.74) is 4.86. The van der Waals surface area contributed by atoms with Gasteiger partial charge in [0.05, 0.1) is 6.07 Å². The molecule has 4 nitrogen and oxygen atoms in total. The standard InChI is InChI=1S/C7H10N4S2/c1-5-10-6(13-11-5)12-4-7(2,9)3-8/h4,9H2,1-2H3. The number of nitrogens with two attached hydrogens (primary N) is 1. The normalized spacial score (nSPS) is 14.9. The summed E-state index contributed by atoms with van der Waals surface area (Å²) in [6, 6.07) is 2.03. The second-order valence-electron chi connectivity index (χ2n) is 2.93. The second kappa shape index (κ2) is 4.05. The summed E-state index contributed by atoms with van der Waals surface area (Å²) in [6.45, 7) is 3.54. The first-order valence-electron chi connectivity index (χ1n) is 3.67. The number of aromatic nitrogens is 2. The smallest absolute Gasteiger partial charge is 0.170 e. The molecule has 0 fully saturated rings. The molecule has 1 unspecified atom stereocenters. The Morgan fingerprint density at radius 1 is 1.77 bits per heavy atom. The Labute approximate surface area is 85.3 Å². The number of rotatable bonds is 3. The molecular formula is C7H10N4S2. The lowest BCUT2D eigenvalue weighted by Gasteiger charge is -2.12. The van der Waals surface area contributed by atoms with Crippen LogP contribution in [0.2, 0.25) is 0 Å². The van der Waals surface area contributed by atoms with Crippen LogP contribution in [-0.4, -0.2) is 20.6 Å². The molecule has 70 valence electrons. The van der Waals surface area contributed by atoms with Gasteiger partial charge in [-0.1, -0.05) is 11.8 Å². The number of hydrogen-bond acceptors (Lipinski definition) is 6. The van der Waals surface area contributed by atoms with Crippen LogP contribution in [0.4, 0.5) is 0 Å². The lowest BCUT2D eigenvalue weighted by molar-refractivity contribution is 0.682. The molecule has 0 radical (unpaired) electrons. The molecular weight excluding hydrogens is 204 g/mol. The van der Waals surface area contributed by atoms with Gasteiger partial charge in [-0.05, 0) is 25.4 Å². The zero-order chi connectivity index (χ0) is 9.90. The molecule has 0 aromatic carbocycles. The van der Waals surface area contributed by atoms with Gasteiger partial charge < -0.3 is 5.73 Å². The highest BCUT2D eigenvalue weighted by Crippen LogP contribution is 2.22. The van der Waals surface area contributed by atoms with E-state index in [4.69, 9.17) is 11.0 Å². The second-order valence-corrected chi connectivity index (χ2v) is 4.90. The number of thioether (sulfide) groups is 1. The molecule has 1 rings (SSSR count). The third kappa shape index (κ3) is 3.30. The lowest BCUT2D eigenvalue weighted by Crippen LogP contribution is -2.36. The van der Waals surface area contributed by atoms with Gasteiger partial charge in [-0.3, -0.25) is 0 Å². The van der Waals surface area contributed by atoms with Crippen molar-refractivity contribution in [2.45, 2.75) is 23.7 Å². The summed E-state index contributed by atoms with van der Waals surface area (Å²) >= 11 is 2.81. The summed E-state index contributed by atoms with van der Waals surface area (Å²) in [7, 11) is 0. The van der Waals surface area contributed by atoms with Gasteiger partial charge in [0.1, 0.15) is 11.4 Å². The quantitative estimate of drug-likeness (QED) is 0.765. The van der Waals surface area contributed by atoms with Crippen molar-refractivity contribution in [1.82, 2.24) is 9.36 Å². The first-order valence-corrected chi connectivity index (χ1v) is 5.43. The zero-order valence-electron chi connectivity index (χ0n) is 7.44. The summed E-state index contributed by atoms with van der Waals surface area (Å²) in [5.74, 6) is 1.31. The highest BCUT2D eigenvalue weighted by Gasteiger charge is 2.18. The maximum Gasteiger partial charge on any atom is 0.170 e. The largest absolute Gasteiger partial charge is 0.313 e. The SMILES string of the molecule is Cc1nsc(SCC(C)(N)C#N)n1. The fraction of sp³-hybridized carbons (Fsp3) is 0.571. The topological polar surface area (TPSA) is 75.6 Å². The van der Waals surface area contributed by atoms with Crippen molar-refractivity contribution in [3.05, 3.63) is 5.82 Å². The maximum atomic E-state index is 8.66. The first-order chi connectivity index (χ1) is 6.03. The number of hydrogen-bond donors (Lipinski definition) is 1. The van der Waals surface area contributed by atoms with E-state index in [0.29, 0.717) is 5.75 Å². The summed E-state index contributed by atoms with van der Waals surface area (Å²) in [6.07, 6.45) is 0. The molecule has 13 heavy (non-hydrogen) atoms. The molecule has 1 heterocycles. The molecule has 1 aromatic rings. The van der Waals surface area contributed by atoms with Crippen molar-refractivity contribution < 1.29 is 0 Å². The fourth-order valence-electron chi connectivity index (χ4n) is 0.581. The van der Waals surface area contributed by atoms with E-state index in [9.17, 15) is 0 Å². The summed E-state index contributed by atoms with van der Waals surface area (Å²) in [5, 5.41) is 8.66. The summed E-state index contributed by atoms with van der Waals surface area (Å²) in [4.78, 5) is 4.15. The fourth-order valence-corrected chi connectivity index (χ4v) is 2.19.